The highest BCUT2D eigenvalue weighted by molar-refractivity contribution is 5.99. The first-order valence-electron chi connectivity index (χ1n) is 6.43. The Labute approximate surface area is 124 Å². The van der Waals surface area contributed by atoms with Gasteiger partial charge in [0, 0.05) is 25.5 Å². The maximum Gasteiger partial charge on any atom is 0.326 e. The zero-order valence-electron chi connectivity index (χ0n) is 11.7. The molecule has 2 rings (SSSR count). The van der Waals surface area contributed by atoms with Gasteiger partial charge in [0.05, 0.1) is 5.52 Å². The van der Waals surface area contributed by atoms with Gasteiger partial charge in [-0.3, -0.25) is 4.79 Å². The van der Waals surface area contributed by atoms with Gasteiger partial charge in [0.1, 0.15) is 23.4 Å². The number of carbonyl (C=O) groups excluding carboxylic acids is 1. The number of methoxy groups -OCH3 is 1. The van der Waals surface area contributed by atoms with E-state index in [2.05, 4.69) is 10.3 Å². The van der Waals surface area contributed by atoms with Crippen LogP contribution in [0.5, 0.6) is 0 Å². The lowest BCUT2D eigenvalue weighted by molar-refractivity contribution is -0.139. The van der Waals surface area contributed by atoms with Crippen molar-refractivity contribution in [2.75, 3.05) is 13.7 Å². The topological polar surface area (TPSA) is 91.4 Å². The lowest BCUT2D eigenvalue weighted by Gasteiger charge is -2.13. The first-order valence-corrected chi connectivity index (χ1v) is 6.43. The quantitative estimate of drug-likeness (QED) is 0.756. The van der Waals surface area contributed by atoms with E-state index in [-0.39, 0.29) is 29.6 Å². The van der Waals surface area contributed by atoms with Crippen LogP contribution in [-0.2, 0) is 9.53 Å². The van der Waals surface area contributed by atoms with Crippen molar-refractivity contribution in [2.45, 2.75) is 12.5 Å². The van der Waals surface area contributed by atoms with Gasteiger partial charge < -0.3 is 20.1 Å². The molecule has 1 aromatic heterocycles. The summed E-state index contributed by atoms with van der Waals surface area (Å²) in [6, 6.07) is 1.87. The Hall–Kier alpha value is -2.48. The van der Waals surface area contributed by atoms with Gasteiger partial charge in [-0.2, -0.15) is 0 Å². The number of aliphatic carboxylic acids is 1. The molecule has 22 heavy (non-hydrogen) atoms. The third-order valence-corrected chi connectivity index (χ3v) is 3.15. The van der Waals surface area contributed by atoms with Crippen molar-refractivity contribution in [3.63, 3.8) is 0 Å². The normalized spacial score (nSPS) is 12.3. The summed E-state index contributed by atoms with van der Waals surface area (Å²) in [5.41, 5.74) is -0.267. The molecule has 6 nitrogen and oxygen atoms in total. The molecule has 1 atom stereocenters. The van der Waals surface area contributed by atoms with Gasteiger partial charge in [0.2, 0.25) is 0 Å². The molecule has 3 N–H and O–H groups in total. The van der Waals surface area contributed by atoms with Crippen molar-refractivity contribution in [2.24, 2.45) is 0 Å². The summed E-state index contributed by atoms with van der Waals surface area (Å²) < 4.78 is 31.9. The summed E-state index contributed by atoms with van der Waals surface area (Å²) >= 11 is 0. The Bertz CT molecular complexity index is 675. The number of ether oxygens (including phenoxy) is 1. The molecule has 0 saturated carbocycles. The standard InChI is InChI=1S/C14H14F2N2O4/c1-22-5-4-10(14(20)21)18-13(19)11-6-7-8(15)2-3-9(16)12(7)17-11/h2-3,6,10,17H,4-5H2,1H3,(H,18,19)(H,20,21). The first kappa shape index (κ1) is 15.9. The van der Waals surface area contributed by atoms with Crippen molar-refractivity contribution in [3.8, 4) is 0 Å². The second-order valence-corrected chi connectivity index (χ2v) is 4.65. The van der Waals surface area contributed by atoms with Crippen molar-refractivity contribution < 1.29 is 28.2 Å². The maximum atomic E-state index is 13.6. The van der Waals surface area contributed by atoms with E-state index in [9.17, 15) is 18.4 Å². The van der Waals surface area contributed by atoms with E-state index in [0.717, 1.165) is 18.2 Å². The molecular formula is C14H14F2N2O4. The van der Waals surface area contributed by atoms with E-state index in [4.69, 9.17) is 9.84 Å². The third kappa shape index (κ3) is 3.22. The molecule has 0 aliphatic carbocycles. The Morgan fingerprint density at radius 1 is 1.36 bits per heavy atom. The number of carbonyl (C=O) groups is 2. The van der Waals surface area contributed by atoms with E-state index in [1.807, 2.05) is 0 Å². The molecule has 0 spiro atoms. The number of halogens is 2. The molecular weight excluding hydrogens is 298 g/mol. The Kier molecular flexibility index (Phi) is 4.71. The van der Waals surface area contributed by atoms with Crippen LogP contribution in [0.15, 0.2) is 18.2 Å². The number of benzene rings is 1. The Balaban J connectivity index is 2.24. The SMILES string of the molecule is COCCC(NC(=O)c1cc2c(F)ccc(F)c2[nH]1)C(=O)O. The van der Waals surface area contributed by atoms with Crippen molar-refractivity contribution in [1.29, 1.82) is 0 Å². The zero-order valence-corrected chi connectivity index (χ0v) is 11.7. The van der Waals surface area contributed by atoms with Crippen LogP contribution in [0.1, 0.15) is 16.9 Å². The van der Waals surface area contributed by atoms with E-state index in [1.54, 1.807) is 0 Å². The molecule has 0 saturated heterocycles. The minimum absolute atomic E-state index is 0.0700. The minimum atomic E-state index is -1.22. The van der Waals surface area contributed by atoms with Crippen LogP contribution in [0.3, 0.4) is 0 Å². The molecule has 0 aliphatic heterocycles. The molecule has 1 unspecified atom stereocenters. The highest BCUT2D eigenvalue weighted by Gasteiger charge is 2.22. The van der Waals surface area contributed by atoms with E-state index >= 15 is 0 Å². The lowest BCUT2D eigenvalue weighted by atomic mass is 10.2. The van der Waals surface area contributed by atoms with Gasteiger partial charge in [-0.15, -0.1) is 0 Å². The second-order valence-electron chi connectivity index (χ2n) is 4.65. The van der Waals surface area contributed by atoms with Crippen LogP contribution in [0, 0.1) is 11.6 Å². The number of amides is 1. The molecule has 1 amide bonds. The van der Waals surface area contributed by atoms with E-state index < -0.39 is 29.6 Å². The zero-order chi connectivity index (χ0) is 16.3. The van der Waals surface area contributed by atoms with Crippen LogP contribution in [0.4, 0.5) is 8.78 Å². The number of fused-ring (bicyclic) bond motifs is 1. The van der Waals surface area contributed by atoms with Gasteiger partial charge in [-0.1, -0.05) is 0 Å². The molecule has 2 aromatic rings. The molecule has 0 fully saturated rings. The highest BCUT2D eigenvalue weighted by Crippen LogP contribution is 2.21. The molecule has 1 aromatic carbocycles. The largest absolute Gasteiger partial charge is 0.480 e. The molecule has 118 valence electrons. The fourth-order valence-corrected chi connectivity index (χ4v) is 2.00. The maximum absolute atomic E-state index is 13.6. The fourth-order valence-electron chi connectivity index (χ4n) is 2.00. The summed E-state index contributed by atoms with van der Waals surface area (Å²) in [6.45, 7) is 0.146. The number of carboxylic acids is 1. The van der Waals surface area contributed by atoms with Crippen molar-refractivity contribution >= 4 is 22.8 Å². The molecule has 1 heterocycles. The summed E-state index contributed by atoms with van der Waals surface area (Å²) in [5, 5.41) is 11.2. The number of H-pyrrole nitrogens is 1. The van der Waals surface area contributed by atoms with Crippen LogP contribution in [0.25, 0.3) is 10.9 Å². The average Bonchev–Trinajstić information content (AvgIpc) is 2.93. The number of aromatic nitrogens is 1. The molecule has 0 bridgehead atoms. The van der Waals surface area contributed by atoms with Crippen LogP contribution in [0.2, 0.25) is 0 Å². The summed E-state index contributed by atoms with van der Waals surface area (Å²) in [6.07, 6.45) is 0.0700. The van der Waals surface area contributed by atoms with Gasteiger partial charge in [-0.05, 0) is 18.2 Å². The third-order valence-electron chi connectivity index (χ3n) is 3.15. The summed E-state index contributed by atoms with van der Waals surface area (Å²) in [4.78, 5) is 25.5. The van der Waals surface area contributed by atoms with Gasteiger partial charge in [0.15, 0.2) is 0 Å². The first-order chi connectivity index (χ1) is 10.4. The fraction of sp³-hybridized carbons (Fsp3) is 0.286. The molecule has 0 radical (unpaired) electrons. The predicted molar refractivity (Wildman–Crippen MR) is 73.6 cm³/mol. The monoisotopic (exact) mass is 312 g/mol. The summed E-state index contributed by atoms with van der Waals surface area (Å²) in [7, 11) is 1.41. The van der Waals surface area contributed by atoms with Crippen LogP contribution < -0.4 is 5.32 Å². The molecule has 0 aliphatic rings. The van der Waals surface area contributed by atoms with Crippen molar-refractivity contribution in [3.05, 3.63) is 35.5 Å². The summed E-state index contributed by atoms with van der Waals surface area (Å²) in [5.74, 6) is -3.37. The number of nitrogens with one attached hydrogen (secondary N) is 2. The van der Waals surface area contributed by atoms with Crippen LogP contribution in [-0.4, -0.2) is 41.7 Å². The number of hydrogen-bond acceptors (Lipinski definition) is 3. The smallest absolute Gasteiger partial charge is 0.326 e. The predicted octanol–water partition coefficient (Wildman–Crippen LogP) is 1.67. The average molecular weight is 312 g/mol. The Morgan fingerprint density at radius 2 is 2.05 bits per heavy atom. The highest BCUT2D eigenvalue weighted by atomic mass is 19.1. The Morgan fingerprint density at radius 3 is 2.64 bits per heavy atom. The number of aromatic amines is 1. The molecule has 8 heteroatoms. The van der Waals surface area contributed by atoms with Crippen molar-refractivity contribution in [1.82, 2.24) is 10.3 Å². The van der Waals surface area contributed by atoms with Gasteiger partial charge >= 0.3 is 5.97 Å². The lowest BCUT2D eigenvalue weighted by Crippen LogP contribution is -2.41. The number of carboxylic acid groups (broad SMARTS) is 1. The minimum Gasteiger partial charge on any atom is -0.480 e. The van der Waals surface area contributed by atoms with Crippen LogP contribution >= 0.6 is 0 Å². The van der Waals surface area contributed by atoms with E-state index in [1.165, 1.54) is 7.11 Å². The van der Waals surface area contributed by atoms with E-state index in [0.29, 0.717) is 0 Å². The van der Waals surface area contributed by atoms with Gasteiger partial charge in [-0.25, -0.2) is 13.6 Å². The number of rotatable bonds is 6. The number of hydrogen-bond donors (Lipinski definition) is 3. The van der Waals surface area contributed by atoms with Gasteiger partial charge in [0.25, 0.3) is 5.91 Å². The second kappa shape index (κ2) is 6.52.